The zero-order valence-corrected chi connectivity index (χ0v) is 13.7. The van der Waals surface area contributed by atoms with Crippen LogP contribution >= 0.6 is 23.2 Å². The molecule has 0 fully saturated rings. The molecule has 2 N–H and O–H groups in total. The third-order valence-corrected chi connectivity index (χ3v) is 3.89. The van der Waals surface area contributed by atoms with Crippen LogP contribution in [0.3, 0.4) is 0 Å². The number of aryl methyl sites for hydroxylation is 2. The van der Waals surface area contributed by atoms with Crippen molar-refractivity contribution >= 4 is 34.8 Å². The molecule has 1 amide bonds. The molecule has 0 radical (unpaired) electrons. The molecule has 0 atom stereocenters. The Bertz CT molecular complexity index is 772. The first kappa shape index (κ1) is 16.5. The summed E-state index contributed by atoms with van der Waals surface area (Å²) in [5.41, 5.74) is 1.53. The van der Waals surface area contributed by atoms with Crippen LogP contribution in [-0.2, 0) is 11.2 Å². The van der Waals surface area contributed by atoms with Gasteiger partial charge in [-0.3, -0.25) is 9.59 Å². The van der Waals surface area contributed by atoms with Gasteiger partial charge in [-0.15, -0.1) is 0 Å². The molecule has 0 aliphatic heterocycles. The number of halogens is 2. The van der Waals surface area contributed by atoms with E-state index in [1.165, 1.54) is 0 Å². The van der Waals surface area contributed by atoms with Gasteiger partial charge in [0.1, 0.15) is 5.82 Å². The molecule has 1 aromatic heterocycles. The maximum atomic E-state index is 12.0. The molecule has 1 heterocycles. The average Bonchev–Trinajstić information content (AvgIpc) is 2.41. The van der Waals surface area contributed by atoms with Crippen molar-refractivity contribution in [3.05, 3.63) is 55.7 Å². The Morgan fingerprint density at radius 1 is 1.27 bits per heavy atom. The molecule has 22 heavy (non-hydrogen) atoms. The summed E-state index contributed by atoms with van der Waals surface area (Å²) in [6.45, 7) is 3.48. The van der Waals surface area contributed by atoms with Gasteiger partial charge in [-0.25, -0.2) is 4.98 Å². The molecule has 7 heteroatoms. The third-order valence-electron chi connectivity index (χ3n) is 3.15. The van der Waals surface area contributed by atoms with Crippen LogP contribution in [0.25, 0.3) is 0 Å². The van der Waals surface area contributed by atoms with Crippen LogP contribution in [0.1, 0.15) is 23.5 Å². The second-order valence-corrected chi connectivity index (χ2v) is 5.71. The van der Waals surface area contributed by atoms with E-state index in [1.54, 1.807) is 32.0 Å². The summed E-state index contributed by atoms with van der Waals surface area (Å²) in [6.07, 6.45) is 0.497. The van der Waals surface area contributed by atoms with Crippen molar-refractivity contribution in [2.24, 2.45) is 0 Å². The molecule has 2 rings (SSSR count). The van der Waals surface area contributed by atoms with E-state index in [9.17, 15) is 9.59 Å². The number of amides is 1. The second-order valence-electron chi connectivity index (χ2n) is 4.89. The fourth-order valence-electron chi connectivity index (χ4n) is 2.08. The average molecular weight is 340 g/mol. The summed E-state index contributed by atoms with van der Waals surface area (Å²) in [5.74, 6) is 0.351. The van der Waals surface area contributed by atoms with Gasteiger partial charge in [-0.1, -0.05) is 23.2 Å². The summed E-state index contributed by atoms with van der Waals surface area (Å²) in [7, 11) is 0. The summed E-state index contributed by atoms with van der Waals surface area (Å²) < 4.78 is 0. The highest BCUT2D eigenvalue weighted by molar-refractivity contribution is 6.42. The van der Waals surface area contributed by atoms with E-state index in [0.29, 0.717) is 39.2 Å². The van der Waals surface area contributed by atoms with Gasteiger partial charge in [0.05, 0.1) is 10.0 Å². The van der Waals surface area contributed by atoms with Gasteiger partial charge in [0.25, 0.3) is 5.56 Å². The van der Waals surface area contributed by atoms with E-state index < -0.39 is 0 Å². The minimum Gasteiger partial charge on any atom is -0.326 e. The summed E-state index contributed by atoms with van der Waals surface area (Å²) in [5, 5.41) is 3.51. The van der Waals surface area contributed by atoms with Crippen molar-refractivity contribution in [3.63, 3.8) is 0 Å². The van der Waals surface area contributed by atoms with Crippen LogP contribution in [0, 0.1) is 13.8 Å². The van der Waals surface area contributed by atoms with Crippen LogP contribution in [0.15, 0.2) is 23.0 Å². The van der Waals surface area contributed by atoms with Crippen LogP contribution in [0.5, 0.6) is 0 Å². The zero-order chi connectivity index (χ0) is 16.3. The number of aromatic nitrogens is 2. The molecule has 116 valence electrons. The molecule has 0 spiro atoms. The lowest BCUT2D eigenvalue weighted by atomic mass is 10.1. The standard InChI is InChI=1S/C15H15Cl2N3O2/c1-8-11(15(22)19-9(2)18-8)4-6-14(21)20-10-3-5-12(16)13(17)7-10/h3,5,7H,4,6H2,1-2H3,(H,20,21)(H,18,19,22). The number of hydrogen-bond acceptors (Lipinski definition) is 3. The molecule has 0 saturated heterocycles. The van der Waals surface area contributed by atoms with Crippen LogP contribution < -0.4 is 10.9 Å². The molecule has 0 saturated carbocycles. The Hall–Kier alpha value is -1.85. The molecule has 5 nitrogen and oxygen atoms in total. The maximum Gasteiger partial charge on any atom is 0.254 e. The number of hydrogen-bond donors (Lipinski definition) is 2. The molecule has 1 aromatic carbocycles. The predicted molar refractivity (Wildman–Crippen MR) is 87.7 cm³/mol. The third kappa shape index (κ3) is 4.08. The first-order chi connectivity index (χ1) is 10.4. The lowest BCUT2D eigenvalue weighted by Gasteiger charge is -2.07. The van der Waals surface area contributed by atoms with Crippen molar-refractivity contribution in [2.75, 3.05) is 5.32 Å². The van der Waals surface area contributed by atoms with E-state index in [1.807, 2.05) is 0 Å². The molecule has 0 bridgehead atoms. The van der Waals surface area contributed by atoms with Gasteiger partial charge in [-0.05, 0) is 38.5 Å². The Kier molecular flexibility index (Phi) is 5.21. The summed E-state index contributed by atoms with van der Waals surface area (Å²) >= 11 is 11.7. The molecular weight excluding hydrogens is 325 g/mol. The number of aromatic amines is 1. The highest BCUT2D eigenvalue weighted by Crippen LogP contribution is 2.25. The molecule has 0 aliphatic carbocycles. The Balaban J connectivity index is 2.01. The second kappa shape index (κ2) is 6.94. The van der Waals surface area contributed by atoms with E-state index >= 15 is 0 Å². The fourth-order valence-corrected chi connectivity index (χ4v) is 2.38. The van der Waals surface area contributed by atoms with E-state index in [-0.39, 0.29) is 17.9 Å². The predicted octanol–water partition coefficient (Wildman–Crippen LogP) is 3.26. The van der Waals surface area contributed by atoms with Crippen molar-refractivity contribution in [1.29, 1.82) is 0 Å². The molecule has 2 aromatic rings. The largest absolute Gasteiger partial charge is 0.326 e. The summed E-state index contributed by atoms with van der Waals surface area (Å²) in [4.78, 5) is 30.6. The van der Waals surface area contributed by atoms with Gasteiger partial charge in [-0.2, -0.15) is 0 Å². The topological polar surface area (TPSA) is 74.8 Å². The van der Waals surface area contributed by atoms with Crippen molar-refractivity contribution in [2.45, 2.75) is 26.7 Å². The smallest absolute Gasteiger partial charge is 0.254 e. The van der Waals surface area contributed by atoms with Crippen LogP contribution in [-0.4, -0.2) is 15.9 Å². The first-order valence-corrected chi connectivity index (χ1v) is 7.43. The van der Waals surface area contributed by atoms with Gasteiger partial charge in [0.2, 0.25) is 5.91 Å². The van der Waals surface area contributed by atoms with Gasteiger partial charge in [0.15, 0.2) is 0 Å². The monoisotopic (exact) mass is 339 g/mol. The number of carbonyl (C=O) groups excluding carboxylic acids is 1. The van der Waals surface area contributed by atoms with E-state index in [4.69, 9.17) is 23.2 Å². The molecule has 0 aliphatic rings. The van der Waals surface area contributed by atoms with E-state index in [2.05, 4.69) is 15.3 Å². The highest BCUT2D eigenvalue weighted by atomic mass is 35.5. The number of nitrogens with zero attached hydrogens (tertiary/aromatic N) is 1. The van der Waals surface area contributed by atoms with Crippen LogP contribution in [0.2, 0.25) is 10.0 Å². The Labute approximate surface area is 137 Å². The number of nitrogens with one attached hydrogen (secondary N) is 2. The molecular formula is C15H15Cl2N3O2. The Morgan fingerprint density at radius 3 is 2.64 bits per heavy atom. The van der Waals surface area contributed by atoms with Gasteiger partial charge < -0.3 is 10.3 Å². The minimum atomic E-state index is -0.210. The SMILES string of the molecule is Cc1nc(C)c(CCC(=O)Nc2ccc(Cl)c(Cl)c2)c(=O)[nH]1. The number of rotatable bonds is 4. The van der Waals surface area contributed by atoms with Crippen molar-refractivity contribution < 1.29 is 4.79 Å². The fraction of sp³-hybridized carbons (Fsp3) is 0.267. The van der Waals surface area contributed by atoms with Crippen molar-refractivity contribution in [1.82, 2.24) is 9.97 Å². The van der Waals surface area contributed by atoms with Gasteiger partial charge >= 0.3 is 0 Å². The lowest BCUT2D eigenvalue weighted by Crippen LogP contribution is -2.20. The number of carbonyl (C=O) groups is 1. The molecule has 0 unspecified atom stereocenters. The van der Waals surface area contributed by atoms with Gasteiger partial charge in [0, 0.05) is 23.4 Å². The lowest BCUT2D eigenvalue weighted by molar-refractivity contribution is -0.116. The first-order valence-electron chi connectivity index (χ1n) is 6.68. The van der Waals surface area contributed by atoms with Crippen LogP contribution in [0.4, 0.5) is 5.69 Å². The van der Waals surface area contributed by atoms with E-state index in [0.717, 1.165) is 0 Å². The Morgan fingerprint density at radius 2 is 2.00 bits per heavy atom. The minimum absolute atomic E-state index is 0.176. The quantitative estimate of drug-likeness (QED) is 0.897. The number of anilines is 1. The number of benzene rings is 1. The normalized spacial score (nSPS) is 10.5. The summed E-state index contributed by atoms with van der Waals surface area (Å²) in [6, 6.07) is 4.85. The van der Waals surface area contributed by atoms with Crippen molar-refractivity contribution in [3.8, 4) is 0 Å². The maximum absolute atomic E-state index is 12.0. The number of H-pyrrole nitrogens is 1. The zero-order valence-electron chi connectivity index (χ0n) is 12.2. The highest BCUT2D eigenvalue weighted by Gasteiger charge is 2.10.